The van der Waals surface area contributed by atoms with Crippen LogP contribution in [0.25, 0.3) is 0 Å². The van der Waals surface area contributed by atoms with Crippen LogP contribution in [0.3, 0.4) is 0 Å². The van der Waals surface area contributed by atoms with Crippen LogP contribution in [-0.4, -0.2) is 79.7 Å². The molecule has 0 saturated carbocycles. The lowest BCUT2D eigenvalue weighted by atomic mass is 10.0. The lowest BCUT2D eigenvalue weighted by molar-refractivity contribution is 0.102. The molecule has 1 aliphatic heterocycles. The van der Waals surface area contributed by atoms with Crippen molar-refractivity contribution in [3.63, 3.8) is 0 Å². The molecular weight excluding hydrogens is 596 g/mol. The van der Waals surface area contributed by atoms with Crippen LogP contribution in [-0.2, 0) is 26.8 Å². The second-order valence-electron chi connectivity index (χ2n) is 11.1. The largest absolute Gasteiger partial charge is 0.448 e. The van der Waals surface area contributed by atoms with E-state index in [0.29, 0.717) is 6.07 Å². The van der Waals surface area contributed by atoms with E-state index >= 15 is 0 Å². The van der Waals surface area contributed by atoms with Gasteiger partial charge in [-0.25, -0.2) is 22.0 Å². The fourth-order valence-corrected chi connectivity index (χ4v) is 6.87. The number of likely N-dealkylation sites (N-methyl/N-ethyl adjacent to an activating group) is 2. The standard InChI is InChI=1S/C29H37F2N7O5S/c1-7-36(12-11-35(5)6)20-9-10-22(24(32)16-20)27(39)33-26-23-17-37(44(41,42)21-14-18(30)13-19(31)15-21)29(3,4)25(23)34-38(26)28(40)43-8-2/h9-10,13-16H,7-8,11-12,17,32H2,1-6H3,(H,33,39). The Balaban J connectivity index is 1.71. The SMILES string of the molecule is CCOC(=O)n1nc2c(c1NC(=O)c1ccc(N(CC)CCN(C)C)cc1N)CN(S(=O)(=O)c1cc(F)cc(F)c1)C2(C)C. The van der Waals surface area contributed by atoms with Crippen LogP contribution in [0.5, 0.6) is 0 Å². The first-order valence-electron chi connectivity index (χ1n) is 14.0. The van der Waals surface area contributed by atoms with E-state index in [9.17, 15) is 26.8 Å². The Morgan fingerprint density at radius 1 is 1.09 bits per heavy atom. The third-order valence-corrected chi connectivity index (χ3v) is 9.43. The van der Waals surface area contributed by atoms with Gasteiger partial charge in [0.1, 0.15) is 17.5 Å². The summed E-state index contributed by atoms with van der Waals surface area (Å²) in [5.74, 6) is -2.88. The number of aromatic nitrogens is 2. The van der Waals surface area contributed by atoms with E-state index in [2.05, 4.69) is 20.2 Å². The number of rotatable bonds is 10. The van der Waals surface area contributed by atoms with Gasteiger partial charge in [-0.1, -0.05) is 0 Å². The van der Waals surface area contributed by atoms with Gasteiger partial charge in [0, 0.05) is 49.2 Å². The van der Waals surface area contributed by atoms with Crippen LogP contribution in [0.1, 0.15) is 49.3 Å². The molecule has 0 atom stereocenters. The van der Waals surface area contributed by atoms with Crippen molar-refractivity contribution in [2.75, 3.05) is 56.3 Å². The lowest BCUT2D eigenvalue weighted by Gasteiger charge is -2.30. The third-order valence-electron chi connectivity index (χ3n) is 7.43. The highest BCUT2D eigenvalue weighted by molar-refractivity contribution is 7.89. The van der Waals surface area contributed by atoms with Gasteiger partial charge in [-0.15, -0.1) is 4.68 Å². The number of fused-ring (bicyclic) bond motifs is 1. The Kier molecular flexibility index (Phi) is 9.32. The molecule has 2 heterocycles. The molecule has 0 aliphatic carbocycles. The van der Waals surface area contributed by atoms with Gasteiger partial charge in [-0.3, -0.25) is 4.79 Å². The highest BCUT2D eigenvalue weighted by Crippen LogP contribution is 2.45. The molecule has 1 amide bonds. The average Bonchev–Trinajstić information content (AvgIpc) is 3.42. The van der Waals surface area contributed by atoms with Crippen LogP contribution in [0.4, 0.5) is 30.8 Å². The minimum atomic E-state index is -4.45. The highest BCUT2D eigenvalue weighted by atomic mass is 32.2. The van der Waals surface area contributed by atoms with Gasteiger partial charge in [0.15, 0.2) is 0 Å². The zero-order valence-electron chi connectivity index (χ0n) is 25.5. The fraction of sp³-hybridized carbons (Fsp3) is 0.414. The molecule has 3 N–H and O–H groups in total. The van der Waals surface area contributed by atoms with Crippen molar-refractivity contribution in [2.45, 2.75) is 44.7 Å². The first kappa shape index (κ1) is 32.8. The van der Waals surface area contributed by atoms with Gasteiger partial charge in [0.25, 0.3) is 5.91 Å². The van der Waals surface area contributed by atoms with Crippen LogP contribution in [0.2, 0.25) is 0 Å². The summed E-state index contributed by atoms with van der Waals surface area (Å²) in [7, 11) is -0.501. The molecule has 0 bridgehead atoms. The van der Waals surface area contributed by atoms with Crippen molar-refractivity contribution in [3.8, 4) is 0 Å². The van der Waals surface area contributed by atoms with Gasteiger partial charge >= 0.3 is 6.09 Å². The van der Waals surface area contributed by atoms with E-state index in [1.807, 2.05) is 21.0 Å². The Labute approximate surface area is 255 Å². The summed E-state index contributed by atoms with van der Waals surface area (Å²) in [6.45, 7) is 8.63. The Morgan fingerprint density at radius 2 is 1.75 bits per heavy atom. The quantitative estimate of drug-likeness (QED) is 0.319. The van der Waals surface area contributed by atoms with Crippen molar-refractivity contribution < 1.29 is 31.5 Å². The molecule has 12 nitrogen and oxygen atoms in total. The lowest BCUT2D eigenvalue weighted by Crippen LogP contribution is -2.41. The Hall–Kier alpha value is -4.08. The van der Waals surface area contributed by atoms with E-state index in [1.165, 1.54) is 13.8 Å². The number of amides is 1. The number of sulfonamides is 1. The van der Waals surface area contributed by atoms with Gasteiger partial charge < -0.3 is 25.6 Å². The zero-order chi connectivity index (χ0) is 32.6. The molecule has 15 heteroatoms. The number of halogens is 2. The Bertz CT molecular complexity index is 1670. The van der Waals surface area contributed by atoms with E-state index in [0.717, 1.165) is 46.4 Å². The first-order chi connectivity index (χ1) is 20.6. The molecule has 0 spiro atoms. The van der Waals surface area contributed by atoms with Crippen molar-refractivity contribution in [3.05, 3.63) is 64.9 Å². The monoisotopic (exact) mass is 633 g/mol. The predicted molar refractivity (Wildman–Crippen MR) is 162 cm³/mol. The third kappa shape index (κ3) is 6.25. The molecule has 0 unspecified atom stereocenters. The number of hydrogen-bond donors (Lipinski definition) is 2. The number of benzene rings is 2. The molecular formula is C29H37F2N7O5S. The van der Waals surface area contributed by atoms with E-state index in [-0.39, 0.29) is 41.5 Å². The smallest absolute Gasteiger partial charge is 0.436 e. The average molecular weight is 634 g/mol. The summed E-state index contributed by atoms with van der Waals surface area (Å²) in [4.78, 5) is 30.0. The molecule has 3 aromatic rings. The van der Waals surface area contributed by atoms with Gasteiger partial charge in [0.05, 0.1) is 28.3 Å². The van der Waals surface area contributed by atoms with Gasteiger partial charge in [-0.05, 0) is 72.1 Å². The molecule has 0 fully saturated rings. The van der Waals surface area contributed by atoms with Crippen molar-refractivity contribution >= 4 is 39.2 Å². The topological polar surface area (TPSA) is 143 Å². The number of hydrogen-bond acceptors (Lipinski definition) is 9. The normalized spacial score (nSPS) is 14.5. The predicted octanol–water partition coefficient (Wildman–Crippen LogP) is 3.83. The molecule has 1 aromatic heterocycles. The Morgan fingerprint density at radius 3 is 2.32 bits per heavy atom. The second-order valence-corrected chi connectivity index (χ2v) is 12.9. The maximum atomic E-state index is 14.0. The summed E-state index contributed by atoms with van der Waals surface area (Å²) in [5, 5.41) is 7.01. The van der Waals surface area contributed by atoms with Crippen molar-refractivity contribution in [2.24, 2.45) is 0 Å². The summed E-state index contributed by atoms with van der Waals surface area (Å²) in [5.41, 5.74) is 6.45. The molecule has 2 aromatic carbocycles. The molecule has 44 heavy (non-hydrogen) atoms. The fourth-order valence-electron chi connectivity index (χ4n) is 5.11. The number of nitrogens with two attached hydrogens (primary N) is 1. The van der Waals surface area contributed by atoms with E-state index in [4.69, 9.17) is 10.5 Å². The van der Waals surface area contributed by atoms with E-state index < -0.39 is 44.1 Å². The number of nitrogens with zero attached hydrogens (tertiary/aromatic N) is 5. The number of carbonyl (C=O) groups excluding carboxylic acids is 2. The first-order valence-corrected chi connectivity index (χ1v) is 15.4. The van der Waals surface area contributed by atoms with Crippen LogP contribution in [0, 0.1) is 11.6 Å². The number of nitrogen functional groups attached to an aromatic ring is 1. The van der Waals surface area contributed by atoms with Crippen LogP contribution in [0.15, 0.2) is 41.3 Å². The highest BCUT2D eigenvalue weighted by Gasteiger charge is 2.49. The van der Waals surface area contributed by atoms with Crippen LogP contribution < -0.4 is 16.0 Å². The molecule has 0 saturated heterocycles. The molecule has 0 radical (unpaired) electrons. The van der Waals surface area contributed by atoms with Gasteiger partial charge in [-0.2, -0.15) is 9.40 Å². The number of carbonyl (C=O) groups is 2. The summed E-state index contributed by atoms with van der Waals surface area (Å²) in [6.07, 6.45) is -0.891. The summed E-state index contributed by atoms with van der Waals surface area (Å²) in [6, 6.07) is 7.05. The van der Waals surface area contributed by atoms with Crippen molar-refractivity contribution in [1.29, 1.82) is 0 Å². The molecule has 238 valence electrons. The van der Waals surface area contributed by atoms with Gasteiger partial charge in [0.2, 0.25) is 10.0 Å². The number of anilines is 3. The molecule has 1 aliphatic rings. The minimum Gasteiger partial charge on any atom is -0.448 e. The van der Waals surface area contributed by atoms with Crippen LogP contribution >= 0.6 is 0 Å². The summed E-state index contributed by atoms with van der Waals surface area (Å²) < 4.78 is 62.1. The summed E-state index contributed by atoms with van der Waals surface area (Å²) >= 11 is 0. The second kappa shape index (κ2) is 12.5. The van der Waals surface area contributed by atoms with Crippen molar-refractivity contribution in [1.82, 2.24) is 19.0 Å². The maximum absolute atomic E-state index is 14.0. The molecule has 4 rings (SSSR count). The van der Waals surface area contributed by atoms with E-state index in [1.54, 1.807) is 25.1 Å². The number of nitrogens with one attached hydrogen (secondary N) is 1. The number of ether oxygens (including phenoxy) is 1. The maximum Gasteiger partial charge on any atom is 0.436 e. The minimum absolute atomic E-state index is 0.0158. The zero-order valence-corrected chi connectivity index (χ0v) is 26.3.